The number of carboxylic acid groups (broad SMARTS) is 1. The highest BCUT2D eigenvalue weighted by Crippen LogP contribution is 2.20. The van der Waals surface area contributed by atoms with Crippen molar-refractivity contribution in [3.63, 3.8) is 0 Å². The van der Waals surface area contributed by atoms with Crippen LogP contribution in [0, 0.1) is 5.41 Å². The Kier molecular flexibility index (Phi) is 5.54. The van der Waals surface area contributed by atoms with Crippen LogP contribution in [0.4, 0.5) is 0 Å². The van der Waals surface area contributed by atoms with Gasteiger partial charge >= 0.3 is 5.97 Å². The lowest BCUT2D eigenvalue weighted by Crippen LogP contribution is -2.34. The third kappa shape index (κ3) is 5.23. The minimum absolute atomic E-state index is 0.00195. The average Bonchev–Trinajstić information content (AvgIpc) is 2.78. The summed E-state index contributed by atoms with van der Waals surface area (Å²) in [6, 6.07) is 1.21. The third-order valence-corrected chi connectivity index (χ3v) is 2.93. The van der Waals surface area contributed by atoms with Crippen LogP contribution in [-0.4, -0.2) is 34.7 Å². The predicted molar refractivity (Wildman–Crippen MR) is 77.5 cm³/mol. The summed E-state index contributed by atoms with van der Waals surface area (Å²) in [6.07, 6.45) is 0.279. The van der Waals surface area contributed by atoms with E-state index in [1.54, 1.807) is 6.92 Å². The molecule has 1 amide bonds. The number of aliphatic hydroxyl groups excluding tert-OH is 1. The van der Waals surface area contributed by atoms with E-state index in [9.17, 15) is 14.7 Å². The predicted octanol–water partition coefficient (Wildman–Crippen LogP) is 2.07. The molecule has 1 aromatic heterocycles. The Balaban J connectivity index is 2.66. The number of aryl methyl sites for hydroxylation is 1. The highest BCUT2D eigenvalue weighted by atomic mass is 16.4. The topological polar surface area (TPSA) is 99.8 Å². The SMILES string of the molecule is CCc1oc(C(=O)NCC(O)CC(C)(C)C)cc1C(=O)O. The average molecular weight is 297 g/mol. The summed E-state index contributed by atoms with van der Waals surface area (Å²) < 4.78 is 5.25. The number of amides is 1. The molecule has 6 heteroatoms. The molecule has 0 aromatic carbocycles. The lowest BCUT2D eigenvalue weighted by atomic mass is 9.89. The molecule has 118 valence electrons. The van der Waals surface area contributed by atoms with E-state index in [1.807, 2.05) is 20.8 Å². The van der Waals surface area contributed by atoms with Crippen molar-refractivity contribution in [3.8, 4) is 0 Å². The lowest BCUT2D eigenvalue weighted by molar-refractivity contribution is 0.0694. The van der Waals surface area contributed by atoms with Gasteiger partial charge in [-0.05, 0) is 11.8 Å². The normalized spacial score (nSPS) is 13.0. The lowest BCUT2D eigenvalue weighted by Gasteiger charge is -2.22. The Morgan fingerprint density at radius 3 is 2.43 bits per heavy atom. The highest BCUT2D eigenvalue weighted by Gasteiger charge is 2.21. The van der Waals surface area contributed by atoms with E-state index in [4.69, 9.17) is 9.52 Å². The van der Waals surface area contributed by atoms with Crippen molar-refractivity contribution in [1.29, 1.82) is 0 Å². The standard InChI is InChI=1S/C15H23NO5/c1-5-11-10(14(19)20)6-12(21-11)13(18)16-8-9(17)7-15(2,3)4/h6,9,17H,5,7-8H2,1-4H3,(H,16,18)(H,19,20). The fourth-order valence-electron chi connectivity index (χ4n) is 2.06. The monoisotopic (exact) mass is 297 g/mol. The van der Waals surface area contributed by atoms with E-state index < -0.39 is 18.0 Å². The molecule has 1 aromatic rings. The molecular weight excluding hydrogens is 274 g/mol. The number of nitrogens with one attached hydrogen (secondary N) is 1. The maximum atomic E-state index is 11.9. The Morgan fingerprint density at radius 2 is 2.00 bits per heavy atom. The Morgan fingerprint density at radius 1 is 1.38 bits per heavy atom. The van der Waals surface area contributed by atoms with Crippen molar-refractivity contribution < 1.29 is 24.2 Å². The molecule has 0 saturated carbocycles. The van der Waals surface area contributed by atoms with Gasteiger partial charge in [0.05, 0.1) is 6.10 Å². The van der Waals surface area contributed by atoms with E-state index in [1.165, 1.54) is 6.07 Å². The maximum absolute atomic E-state index is 11.9. The number of aromatic carboxylic acids is 1. The minimum Gasteiger partial charge on any atom is -0.478 e. The number of hydrogen-bond donors (Lipinski definition) is 3. The van der Waals surface area contributed by atoms with Gasteiger partial charge in [-0.15, -0.1) is 0 Å². The smallest absolute Gasteiger partial charge is 0.339 e. The van der Waals surface area contributed by atoms with Gasteiger partial charge < -0.3 is 19.9 Å². The molecule has 1 unspecified atom stereocenters. The molecule has 1 atom stereocenters. The first-order valence-corrected chi connectivity index (χ1v) is 6.96. The van der Waals surface area contributed by atoms with E-state index in [-0.39, 0.29) is 29.0 Å². The van der Waals surface area contributed by atoms with Gasteiger partial charge in [0.1, 0.15) is 11.3 Å². The molecule has 0 spiro atoms. The summed E-state index contributed by atoms with van der Waals surface area (Å²) in [6.45, 7) is 7.84. The van der Waals surface area contributed by atoms with Gasteiger partial charge in [0.15, 0.2) is 5.76 Å². The molecule has 0 aliphatic rings. The first-order chi connectivity index (χ1) is 9.64. The summed E-state index contributed by atoms with van der Waals surface area (Å²) in [4.78, 5) is 22.9. The maximum Gasteiger partial charge on any atom is 0.339 e. The van der Waals surface area contributed by atoms with E-state index in [0.29, 0.717) is 12.8 Å². The first kappa shape index (κ1) is 17.2. The number of rotatable bonds is 6. The Bertz CT molecular complexity index is 513. The minimum atomic E-state index is -1.12. The molecule has 0 radical (unpaired) electrons. The van der Waals surface area contributed by atoms with Crippen molar-refractivity contribution in [2.24, 2.45) is 5.41 Å². The number of carboxylic acids is 1. The van der Waals surface area contributed by atoms with Crippen LogP contribution in [0.3, 0.4) is 0 Å². The van der Waals surface area contributed by atoms with E-state index in [0.717, 1.165) is 0 Å². The molecule has 1 rings (SSSR count). The van der Waals surface area contributed by atoms with Gasteiger partial charge in [0.25, 0.3) is 5.91 Å². The zero-order valence-electron chi connectivity index (χ0n) is 12.9. The van der Waals surface area contributed by atoms with Crippen LogP contribution in [0.25, 0.3) is 0 Å². The largest absolute Gasteiger partial charge is 0.478 e. The van der Waals surface area contributed by atoms with Gasteiger partial charge in [-0.1, -0.05) is 27.7 Å². The molecule has 0 aliphatic heterocycles. The fraction of sp³-hybridized carbons (Fsp3) is 0.600. The Hall–Kier alpha value is -1.82. The van der Waals surface area contributed by atoms with Crippen LogP contribution in [0.2, 0.25) is 0 Å². The number of carbonyl (C=O) groups excluding carboxylic acids is 1. The summed E-state index contributed by atoms with van der Waals surface area (Å²) in [5, 5.41) is 21.4. The fourth-order valence-corrected chi connectivity index (χ4v) is 2.06. The van der Waals surface area contributed by atoms with Crippen LogP contribution in [0.5, 0.6) is 0 Å². The number of furan rings is 1. The second-order valence-corrected chi connectivity index (χ2v) is 6.23. The van der Waals surface area contributed by atoms with Crippen molar-refractivity contribution >= 4 is 11.9 Å². The zero-order chi connectivity index (χ0) is 16.2. The zero-order valence-corrected chi connectivity index (χ0v) is 12.9. The second kappa shape index (κ2) is 6.76. The van der Waals surface area contributed by atoms with Crippen LogP contribution >= 0.6 is 0 Å². The number of carbonyl (C=O) groups is 2. The molecule has 6 nitrogen and oxygen atoms in total. The summed E-state index contributed by atoms with van der Waals surface area (Å²) in [5.74, 6) is -1.43. The van der Waals surface area contributed by atoms with Crippen molar-refractivity contribution in [2.75, 3.05) is 6.54 Å². The molecule has 0 bridgehead atoms. The first-order valence-electron chi connectivity index (χ1n) is 6.96. The second-order valence-electron chi connectivity index (χ2n) is 6.23. The van der Waals surface area contributed by atoms with Crippen molar-refractivity contribution in [2.45, 2.75) is 46.6 Å². The number of aliphatic hydroxyl groups is 1. The van der Waals surface area contributed by atoms with Crippen molar-refractivity contribution in [3.05, 3.63) is 23.2 Å². The Labute approximate surface area is 124 Å². The van der Waals surface area contributed by atoms with Crippen LogP contribution in [0.1, 0.15) is 60.8 Å². The summed E-state index contributed by atoms with van der Waals surface area (Å²) >= 11 is 0. The number of hydrogen-bond acceptors (Lipinski definition) is 4. The van der Waals surface area contributed by atoms with Crippen LogP contribution < -0.4 is 5.32 Å². The van der Waals surface area contributed by atoms with Gasteiger partial charge in [0, 0.05) is 19.0 Å². The van der Waals surface area contributed by atoms with E-state index >= 15 is 0 Å². The van der Waals surface area contributed by atoms with Gasteiger partial charge in [0.2, 0.25) is 0 Å². The molecular formula is C15H23NO5. The quantitative estimate of drug-likeness (QED) is 0.746. The molecule has 3 N–H and O–H groups in total. The van der Waals surface area contributed by atoms with Gasteiger partial charge in [-0.2, -0.15) is 0 Å². The van der Waals surface area contributed by atoms with Gasteiger partial charge in [-0.25, -0.2) is 4.79 Å². The summed E-state index contributed by atoms with van der Waals surface area (Å²) in [5.41, 5.74) is -0.0429. The van der Waals surface area contributed by atoms with E-state index in [2.05, 4.69) is 5.32 Å². The molecule has 0 fully saturated rings. The third-order valence-electron chi connectivity index (χ3n) is 2.93. The van der Waals surface area contributed by atoms with Crippen LogP contribution in [-0.2, 0) is 6.42 Å². The van der Waals surface area contributed by atoms with Crippen LogP contribution in [0.15, 0.2) is 10.5 Å². The van der Waals surface area contributed by atoms with Gasteiger partial charge in [-0.3, -0.25) is 4.79 Å². The molecule has 0 aliphatic carbocycles. The summed E-state index contributed by atoms with van der Waals surface area (Å²) in [7, 11) is 0. The molecule has 21 heavy (non-hydrogen) atoms. The molecule has 1 heterocycles. The molecule has 0 saturated heterocycles. The van der Waals surface area contributed by atoms with Crippen molar-refractivity contribution in [1.82, 2.24) is 5.32 Å². The highest BCUT2D eigenvalue weighted by molar-refractivity contribution is 5.96.